The molecule has 0 aromatic heterocycles. The lowest BCUT2D eigenvalue weighted by atomic mass is 9.85. The lowest BCUT2D eigenvalue weighted by molar-refractivity contribution is -0.220. The van der Waals surface area contributed by atoms with Gasteiger partial charge < -0.3 is 45.0 Å². The van der Waals surface area contributed by atoms with Crippen molar-refractivity contribution in [3.05, 3.63) is 85.1 Å². The van der Waals surface area contributed by atoms with E-state index >= 15 is 0 Å². The summed E-state index contributed by atoms with van der Waals surface area (Å²) in [5.74, 6) is -1.24. The van der Waals surface area contributed by atoms with Crippen LogP contribution in [0.5, 0.6) is 0 Å². The van der Waals surface area contributed by atoms with Crippen molar-refractivity contribution in [1.29, 1.82) is 0 Å². The van der Waals surface area contributed by atoms with Crippen molar-refractivity contribution < 1.29 is 68.2 Å². The third kappa shape index (κ3) is 28.6. The monoisotopic (exact) mass is 897 g/mol. The summed E-state index contributed by atoms with van der Waals surface area (Å²) in [5, 5.41) is 59.9. The number of aliphatic hydroxyl groups excluding tert-OH is 6. The highest BCUT2D eigenvalue weighted by Gasteiger charge is 2.51. The van der Waals surface area contributed by atoms with Crippen molar-refractivity contribution in [2.75, 3.05) is 13.2 Å². The molecule has 1 saturated carbocycles. The molecule has 1 fully saturated rings. The van der Waals surface area contributed by atoms with Gasteiger partial charge in [0.25, 0.3) is 0 Å². The van der Waals surface area contributed by atoms with Crippen LogP contribution in [0.1, 0.15) is 136 Å². The third-order valence-electron chi connectivity index (χ3n) is 9.81. The lowest BCUT2D eigenvalue weighted by Gasteiger charge is -2.41. The molecule has 0 spiro atoms. The van der Waals surface area contributed by atoms with Crippen molar-refractivity contribution in [3.63, 3.8) is 0 Å². The Kier molecular flexibility index (Phi) is 33.4. The maximum Gasteiger partial charge on any atom is 0.472 e. The molecule has 0 radical (unpaired) electrons. The number of carbonyl (C=O) groups is 2. The van der Waals surface area contributed by atoms with Crippen LogP contribution < -0.4 is 0 Å². The molecule has 0 amide bonds. The largest absolute Gasteiger partial charge is 0.472 e. The van der Waals surface area contributed by atoms with E-state index < -0.39 is 81.8 Å². The van der Waals surface area contributed by atoms with Gasteiger partial charge in [-0.3, -0.25) is 18.6 Å². The molecule has 0 aliphatic heterocycles. The van der Waals surface area contributed by atoms with Gasteiger partial charge in [-0.15, -0.1) is 0 Å². The SMILES string of the molecule is CC/C=C\CC(O)/C=C/C=C/C/C=C\C/C=C\C/C=C\CCC(=O)OC[C@H](COP(=O)(O)OC1[C@H](O)[C@H](O)C(O)[C@H](O)[C@H]1O)OC(=O)CCCCCCC/C=C\CCCCCC. The second kappa shape index (κ2) is 36.3. The molecular weight excluding hydrogens is 819 g/mol. The first-order chi connectivity index (χ1) is 29.8. The maximum atomic E-state index is 12.8. The summed E-state index contributed by atoms with van der Waals surface area (Å²) in [4.78, 5) is 35.6. The van der Waals surface area contributed by atoms with Crippen LogP contribution in [0, 0.1) is 0 Å². The highest BCUT2D eigenvalue weighted by Crippen LogP contribution is 2.47. The molecule has 1 rings (SSSR count). The number of allylic oxidation sites excluding steroid dienone is 12. The molecule has 0 heterocycles. The third-order valence-corrected chi connectivity index (χ3v) is 10.8. The number of aliphatic hydroxyl groups is 6. The van der Waals surface area contributed by atoms with Crippen molar-refractivity contribution in [1.82, 2.24) is 0 Å². The molecule has 354 valence electrons. The Bertz CT molecular complexity index is 1420. The van der Waals surface area contributed by atoms with Gasteiger partial charge in [-0.25, -0.2) is 4.57 Å². The minimum atomic E-state index is -5.15. The minimum absolute atomic E-state index is 0.0202. The van der Waals surface area contributed by atoms with Gasteiger partial charge in [-0.1, -0.05) is 137 Å². The molecule has 62 heavy (non-hydrogen) atoms. The van der Waals surface area contributed by atoms with Crippen LogP contribution in [-0.2, 0) is 32.7 Å². The minimum Gasteiger partial charge on any atom is -0.462 e. The Balaban J connectivity index is 2.54. The molecule has 1 aliphatic carbocycles. The average Bonchev–Trinajstić information content (AvgIpc) is 3.25. The average molecular weight is 897 g/mol. The number of phosphoric ester groups is 1. The molecule has 1 aliphatic rings. The first-order valence-electron chi connectivity index (χ1n) is 22.5. The highest BCUT2D eigenvalue weighted by atomic mass is 31.2. The van der Waals surface area contributed by atoms with Crippen molar-refractivity contribution in [3.8, 4) is 0 Å². The molecule has 9 atom stereocenters. The van der Waals surface area contributed by atoms with Crippen LogP contribution in [0.3, 0.4) is 0 Å². The molecule has 0 bridgehead atoms. The predicted octanol–water partition coefficient (Wildman–Crippen LogP) is 7.47. The van der Waals surface area contributed by atoms with Gasteiger partial charge in [-0.05, 0) is 70.6 Å². The molecule has 0 saturated heterocycles. The molecule has 14 nitrogen and oxygen atoms in total. The number of hydrogen-bond acceptors (Lipinski definition) is 13. The Morgan fingerprint density at radius 3 is 1.77 bits per heavy atom. The van der Waals surface area contributed by atoms with E-state index in [1.165, 1.54) is 25.7 Å². The normalized spacial score (nSPS) is 23.2. The molecule has 7 N–H and O–H groups in total. The summed E-state index contributed by atoms with van der Waals surface area (Å²) >= 11 is 0. The molecular formula is C47H77O14P. The number of carbonyl (C=O) groups excluding carboxylic acids is 2. The fraction of sp³-hybridized carbons (Fsp3) is 0.660. The van der Waals surface area contributed by atoms with Gasteiger partial charge in [0.2, 0.25) is 0 Å². The summed E-state index contributed by atoms with van der Waals surface area (Å²) in [5.41, 5.74) is 0. The number of hydrogen-bond donors (Lipinski definition) is 7. The van der Waals surface area contributed by atoms with Crippen LogP contribution in [-0.4, -0.2) is 110 Å². The van der Waals surface area contributed by atoms with Crippen LogP contribution in [0.4, 0.5) is 0 Å². The van der Waals surface area contributed by atoms with Gasteiger partial charge >= 0.3 is 19.8 Å². The van der Waals surface area contributed by atoms with Gasteiger partial charge in [-0.2, -0.15) is 0 Å². The quantitative estimate of drug-likeness (QED) is 0.0108. The number of esters is 2. The molecule has 15 heteroatoms. The summed E-state index contributed by atoms with van der Waals surface area (Å²) in [6.45, 7) is 2.98. The van der Waals surface area contributed by atoms with Crippen molar-refractivity contribution in [2.45, 2.75) is 185 Å². The Morgan fingerprint density at radius 1 is 0.597 bits per heavy atom. The number of ether oxygens (including phenoxy) is 2. The first kappa shape index (κ1) is 57.0. The Hall–Kier alpha value is -3.01. The zero-order valence-electron chi connectivity index (χ0n) is 37.0. The van der Waals surface area contributed by atoms with Crippen LogP contribution in [0.15, 0.2) is 85.1 Å². The van der Waals surface area contributed by atoms with Gasteiger partial charge in [0.15, 0.2) is 6.10 Å². The number of phosphoric acid groups is 1. The lowest BCUT2D eigenvalue weighted by Crippen LogP contribution is -2.64. The summed E-state index contributed by atoms with van der Waals surface area (Å²) in [7, 11) is -5.15. The van der Waals surface area contributed by atoms with E-state index in [1.54, 1.807) is 6.08 Å². The smallest absolute Gasteiger partial charge is 0.462 e. The van der Waals surface area contributed by atoms with Gasteiger partial charge in [0.05, 0.1) is 12.7 Å². The van der Waals surface area contributed by atoms with E-state index in [9.17, 15) is 49.7 Å². The topological polar surface area (TPSA) is 230 Å². The first-order valence-corrected chi connectivity index (χ1v) is 24.0. The fourth-order valence-electron chi connectivity index (χ4n) is 6.15. The second-order valence-electron chi connectivity index (χ2n) is 15.4. The van der Waals surface area contributed by atoms with Crippen LogP contribution >= 0.6 is 7.82 Å². The van der Waals surface area contributed by atoms with E-state index in [4.69, 9.17) is 18.5 Å². The summed E-state index contributed by atoms with van der Waals surface area (Å²) < 4.78 is 33.4. The molecule has 4 unspecified atom stereocenters. The van der Waals surface area contributed by atoms with Gasteiger partial charge in [0.1, 0.15) is 43.2 Å². The van der Waals surface area contributed by atoms with Crippen molar-refractivity contribution >= 4 is 19.8 Å². The standard InChI is InChI=1S/C47H77O14P/c1-3-5-7-8-9-10-11-13-18-21-24-27-31-35-41(50)60-39(37-59-62(56,57)61-47-45(54)43(52)42(51)44(53)46(47)55)36-58-40(49)34-30-26-23-20-17-15-12-14-16-19-22-25-29-33-38(48)32-28-6-4-2/h6,10-11,14-17,22-23,25-26,28-29,33,38-39,42-48,51-55H,3-5,7-9,12-13,18-21,24,27,30-32,34-37H2,1-2H3,(H,56,57)/b11-10-,16-14-,17-15-,25-22+,26-23-,28-6-,33-29+/t38?,39-,42?,43-,44+,45-,46-,47?/m1/s1. The van der Waals surface area contributed by atoms with Crippen LogP contribution in [0.25, 0.3) is 0 Å². The maximum absolute atomic E-state index is 12.8. The zero-order chi connectivity index (χ0) is 45.9. The van der Waals surface area contributed by atoms with Crippen LogP contribution in [0.2, 0.25) is 0 Å². The summed E-state index contributed by atoms with van der Waals surface area (Å²) in [6, 6.07) is 0. The Labute approximate surface area is 370 Å². The summed E-state index contributed by atoms with van der Waals surface area (Å²) in [6.07, 6.45) is 29.8. The van der Waals surface area contributed by atoms with Gasteiger partial charge in [0, 0.05) is 12.8 Å². The predicted molar refractivity (Wildman–Crippen MR) is 241 cm³/mol. The zero-order valence-corrected chi connectivity index (χ0v) is 37.9. The second-order valence-corrected chi connectivity index (χ2v) is 16.8. The molecule has 0 aromatic rings. The van der Waals surface area contributed by atoms with Crippen molar-refractivity contribution in [2.24, 2.45) is 0 Å². The Morgan fingerprint density at radius 2 is 1.15 bits per heavy atom. The number of unbranched alkanes of at least 4 members (excludes halogenated alkanes) is 9. The van der Waals surface area contributed by atoms with E-state index in [2.05, 4.69) is 38.2 Å². The molecule has 0 aromatic carbocycles. The highest BCUT2D eigenvalue weighted by molar-refractivity contribution is 7.47. The van der Waals surface area contributed by atoms with E-state index in [-0.39, 0.29) is 12.8 Å². The van der Waals surface area contributed by atoms with E-state index in [1.807, 2.05) is 54.7 Å². The van der Waals surface area contributed by atoms with E-state index in [0.717, 1.165) is 57.8 Å². The number of rotatable bonds is 35. The van der Waals surface area contributed by atoms with E-state index in [0.29, 0.717) is 25.7 Å². The fourth-order valence-corrected chi connectivity index (χ4v) is 7.13.